The van der Waals surface area contributed by atoms with Crippen LogP contribution in [0.3, 0.4) is 0 Å². The van der Waals surface area contributed by atoms with Gasteiger partial charge in [-0.25, -0.2) is 0 Å². The third-order valence-electron chi connectivity index (χ3n) is 1.99. The van der Waals surface area contributed by atoms with Gasteiger partial charge in [0.05, 0.1) is 13.7 Å². The maximum atomic E-state index is 13.3. The van der Waals surface area contributed by atoms with Gasteiger partial charge in [0.1, 0.15) is 0 Å². The Morgan fingerprint density at radius 1 is 1.13 bits per heavy atom. The van der Waals surface area contributed by atoms with Gasteiger partial charge in [-0.15, -0.1) is 0 Å². The highest BCUT2D eigenvalue weighted by molar-refractivity contribution is 5.34. The van der Waals surface area contributed by atoms with Crippen molar-refractivity contribution in [1.82, 2.24) is 0 Å². The van der Waals surface area contributed by atoms with Crippen LogP contribution in [0.1, 0.15) is 19.8 Å². The summed E-state index contributed by atoms with van der Waals surface area (Å²) >= 11 is 0. The molecule has 0 bridgehead atoms. The van der Waals surface area contributed by atoms with Crippen LogP contribution < -0.4 is 9.47 Å². The Kier molecular flexibility index (Phi) is 4.34. The first-order valence-electron chi connectivity index (χ1n) is 4.85. The molecule has 15 heavy (non-hydrogen) atoms. The molecule has 0 fully saturated rings. The van der Waals surface area contributed by atoms with E-state index in [1.165, 1.54) is 19.2 Å². The number of halogens is 2. The molecule has 0 amide bonds. The molecule has 0 saturated heterocycles. The van der Waals surface area contributed by atoms with E-state index in [2.05, 4.69) is 4.74 Å². The molecule has 0 aliphatic heterocycles. The zero-order valence-corrected chi connectivity index (χ0v) is 8.85. The van der Waals surface area contributed by atoms with Gasteiger partial charge in [0, 0.05) is 0 Å². The van der Waals surface area contributed by atoms with Crippen molar-refractivity contribution in [1.29, 1.82) is 0 Å². The van der Waals surface area contributed by atoms with Crippen LogP contribution in [0.2, 0.25) is 0 Å². The molecule has 0 aliphatic carbocycles. The van der Waals surface area contributed by atoms with Gasteiger partial charge in [-0.1, -0.05) is 13.3 Å². The molecule has 0 spiro atoms. The van der Waals surface area contributed by atoms with Gasteiger partial charge >= 0.3 is 0 Å². The topological polar surface area (TPSA) is 18.5 Å². The van der Waals surface area contributed by atoms with Crippen LogP contribution in [-0.2, 0) is 0 Å². The quantitative estimate of drug-likeness (QED) is 0.704. The van der Waals surface area contributed by atoms with E-state index in [0.29, 0.717) is 6.61 Å². The van der Waals surface area contributed by atoms with Gasteiger partial charge in [0.25, 0.3) is 0 Å². The normalized spacial score (nSPS) is 10.1. The van der Waals surface area contributed by atoms with Crippen molar-refractivity contribution in [3.05, 3.63) is 23.8 Å². The van der Waals surface area contributed by atoms with E-state index >= 15 is 0 Å². The zero-order chi connectivity index (χ0) is 11.3. The lowest BCUT2D eigenvalue weighted by Crippen LogP contribution is -2.01. The van der Waals surface area contributed by atoms with E-state index in [1.54, 1.807) is 0 Å². The summed E-state index contributed by atoms with van der Waals surface area (Å²) in [6.45, 7) is 2.38. The first kappa shape index (κ1) is 11.8. The minimum atomic E-state index is -1.01. The number of rotatable bonds is 5. The molecule has 1 aromatic carbocycles. The lowest BCUT2D eigenvalue weighted by Gasteiger charge is -2.08. The predicted molar refractivity (Wildman–Crippen MR) is 53.3 cm³/mol. The summed E-state index contributed by atoms with van der Waals surface area (Å²) in [5.41, 5.74) is 0. The molecule has 0 radical (unpaired) electrons. The summed E-state index contributed by atoms with van der Waals surface area (Å²) in [5, 5.41) is 0. The molecule has 1 aromatic rings. The SMILES string of the molecule is CCCCOc1ccc(OC)c(F)c1F. The van der Waals surface area contributed by atoms with Crippen LogP contribution in [0, 0.1) is 11.6 Å². The number of hydrogen-bond acceptors (Lipinski definition) is 2. The number of ether oxygens (including phenoxy) is 2. The van der Waals surface area contributed by atoms with E-state index in [0.717, 1.165) is 12.8 Å². The maximum absolute atomic E-state index is 13.3. The highest BCUT2D eigenvalue weighted by atomic mass is 19.2. The summed E-state index contributed by atoms with van der Waals surface area (Å²) in [7, 11) is 1.29. The van der Waals surface area contributed by atoms with E-state index in [-0.39, 0.29) is 11.5 Å². The molecule has 2 nitrogen and oxygen atoms in total. The first-order valence-corrected chi connectivity index (χ1v) is 4.85. The van der Waals surface area contributed by atoms with Crippen molar-refractivity contribution < 1.29 is 18.3 Å². The van der Waals surface area contributed by atoms with Gasteiger partial charge in [0.15, 0.2) is 11.5 Å². The molecule has 4 heteroatoms. The Morgan fingerprint density at radius 2 is 1.73 bits per heavy atom. The van der Waals surface area contributed by atoms with Crippen molar-refractivity contribution in [3.63, 3.8) is 0 Å². The second-order valence-corrected chi connectivity index (χ2v) is 3.10. The Bertz CT molecular complexity index is 327. The Morgan fingerprint density at radius 3 is 2.33 bits per heavy atom. The van der Waals surface area contributed by atoms with Gasteiger partial charge < -0.3 is 9.47 Å². The minimum absolute atomic E-state index is 0.0678. The minimum Gasteiger partial charge on any atom is -0.494 e. The predicted octanol–water partition coefficient (Wildman–Crippen LogP) is 3.15. The van der Waals surface area contributed by atoms with Crippen LogP contribution in [0.4, 0.5) is 8.78 Å². The Balaban J connectivity index is 2.77. The lowest BCUT2D eigenvalue weighted by atomic mass is 10.3. The van der Waals surface area contributed by atoms with E-state index < -0.39 is 11.6 Å². The average Bonchev–Trinajstić information content (AvgIpc) is 2.25. The van der Waals surface area contributed by atoms with E-state index in [4.69, 9.17) is 4.74 Å². The molecule has 0 N–H and O–H groups in total. The number of benzene rings is 1. The second kappa shape index (κ2) is 5.53. The highest BCUT2D eigenvalue weighted by Gasteiger charge is 2.14. The lowest BCUT2D eigenvalue weighted by molar-refractivity contribution is 0.284. The number of unbranched alkanes of at least 4 members (excludes halogenated alkanes) is 1. The fourth-order valence-corrected chi connectivity index (χ4v) is 1.11. The third-order valence-corrected chi connectivity index (χ3v) is 1.99. The fraction of sp³-hybridized carbons (Fsp3) is 0.455. The van der Waals surface area contributed by atoms with Crippen LogP contribution in [0.25, 0.3) is 0 Å². The molecular formula is C11H14F2O2. The maximum Gasteiger partial charge on any atom is 0.204 e. The van der Waals surface area contributed by atoms with Gasteiger partial charge in [-0.3, -0.25) is 0 Å². The van der Waals surface area contributed by atoms with Crippen molar-refractivity contribution in [2.45, 2.75) is 19.8 Å². The Hall–Kier alpha value is -1.32. The summed E-state index contributed by atoms with van der Waals surface area (Å²) in [6, 6.07) is 2.71. The second-order valence-electron chi connectivity index (χ2n) is 3.10. The van der Waals surface area contributed by atoms with E-state index in [1.807, 2.05) is 6.92 Å². The largest absolute Gasteiger partial charge is 0.494 e. The van der Waals surface area contributed by atoms with E-state index in [9.17, 15) is 8.78 Å². The van der Waals surface area contributed by atoms with Crippen molar-refractivity contribution in [3.8, 4) is 11.5 Å². The van der Waals surface area contributed by atoms with Crippen LogP contribution in [-0.4, -0.2) is 13.7 Å². The summed E-state index contributed by atoms with van der Waals surface area (Å²) in [6.07, 6.45) is 1.76. The van der Waals surface area contributed by atoms with Crippen LogP contribution in [0.15, 0.2) is 12.1 Å². The number of hydrogen-bond donors (Lipinski definition) is 0. The van der Waals surface area contributed by atoms with Gasteiger partial charge in [0.2, 0.25) is 11.6 Å². The molecule has 0 aliphatic rings. The zero-order valence-electron chi connectivity index (χ0n) is 8.85. The third kappa shape index (κ3) is 2.81. The molecule has 0 aromatic heterocycles. The van der Waals surface area contributed by atoms with Crippen molar-refractivity contribution in [2.75, 3.05) is 13.7 Å². The smallest absolute Gasteiger partial charge is 0.204 e. The first-order chi connectivity index (χ1) is 7.20. The fourth-order valence-electron chi connectivity index (χ4n) is 1.11. The average molecular weight is 216 g/mol. The monoisotopic (exact) mass is 216 g/mol. The van der Waals surface area contributed by atoms with Crippen LogP contribution in [0.5, 0.6) is 11.5 Å². The molecule has 0 atom stereocenters. The molecule has 84 valence electrons. The molecule has 0 saturated carbocycles. The number of methoxy groups -OCH3 is 1. The van der Waals surface area contributed by atoms with Gasteiger partial charge in [-0.2, -0.15) is 8.78 Å². The molecule has 0 unspecified atom stereocenters. The van der Waals surface area contributed by atoms with Gasteiger partial charge in [-0.05, 0) is 18.6 Å². The molecule has 0 heterocycles. The molecule has 1 rings (SSSR count). The van der Waals surface area contributed by atoms with Crippen molar-refractivity contribution in [2.24, 2.45) is 0 Å². The highest BCUT2D eigenvalue weighted by Crippen LogP contribution is 2.27. The summed E-state index contributed by atoms with van der Waals surface area (Å²) in [4.78, 5) is 0. The van der Waals surface area contributed by atoms with Crippen molar-refractivity contribution >= 4 is 0 Å². The van der Waals surface area contributed by atoms with Crippen LogP contribution >= 0.6 is 0 Å². The summed E-state index contributed by atoms with van der Waals surface area (Å²) < 4.78 is 36.2. The molecular weight excluding hydrogens is 202 g/mol. The summed E-state index contributed by atoms with van der Waals surface area (Å²) in [5.74, 6) is -2.19. The standard InChI is InChI=1S/C11H14F2O2/c1-3-4-7-15-9-6-5-8(14-2)10(12)11(9)13/h5-6H,3-4,7H2,1-2H3. The Labute approximate surface area is 87.8 Å².